The second-order valence-corrected chi connectivity index (χ2v) is 8.86. The van der Waals surface area contributed by atoms with Crippen LogP contribution in [0.5, 0.6) is 0 Å². The van der Waals surface area contributed by atoms with E-state index < -0.39 is 5.92 Å². The summed E-state index contributed by atoms with van der Waals surface area (Å²) in [6, 6.07) is 0. The largest absolute Gasteiger partial charge is 0.370 e. The summed E-state index contributed by atoms with van der Waals surface area (Å²) < 4.78 is 35.3. The Morgan fingerprint density at radius 3 is 2.53 bits per heavy atom. The second kappa shape index (κ2) is 7.99. The van der Waals surface area contributed by atoms with Crippen LogP contribution in [-0.2, 0) is 11.8 Å². The normalized spacial score (nSPS) is 21.9. The van der Waals surface area contributed by atoms with Gasteiger partial charge in [0.05, 0.1) is 36.4 Å². The number of ether oxygens (including phenoxy) is 1. The number of morpholine rings is 1. The molecule has 1 unspecified atom stereocenters. The highest BCUT2D eigenvalue weighted by molar-refractivity contribution is 5.75. The maximum Gasteiger partial charge on any atom is 0.248 e. The third-order valence-corrected chi connectivity index (χ3v) is 6.51. The fraction of sp³-hybridized carbons (Fsp3) is 0.591. The highest BCUT2D eigenvalue weighted by Gasteiger charge is 2.37. The van der Waals surface area contributed by atoms with E-state index in [2.05, 4.69) is 15.0 Å². The molecule has 0 bridgehead atoms. The van der Waals surface area contributed by atoms with E-state index in [9.17, 15) is 8.78 Å². The van der Waals surface area contributed by atoms with Crippen molar-refractivity contribution in [3.63, 3.8) is 0 Å². The van der Waals surface area contributed by atoms with Crippen LogP contribution in [0.15, 0.2) is 12.4 Å². The van der Waals surface area contributed by atoms with Gasteiger partial charge in [-0.3, -0.25) is 4.68 Å². The van der Waals surface area contributed by atoms with Crippen molar-refractivity contribution in [3.05, 3.63) is 35.0 Å². The van der Waals surface area contributed by atoms with Crippen LogP contribution in [0.4, 0.5) is 14.7 Å². The summed E-state index contributed by atoms with van der Waals surface area (Å²) in [6.07, 6.45) is 4.12. The van der Waals surface area contributed by atoms with Gasteiger partial charge in [-0.25, -0.2) is 23.7 Å². The molecular weight excluding hydrogens is 416 g/mol. The van der Waals surface area contributed by atoms with Crippen LogP contribution in [0.25, 0.3) is 11.2 Å². The molecule has 8 nitrogen and oxygen atoms in total. The molecule has 2 fully saturated rings. The summed E-state index contributed by atoms with van der Waals surface area (Å²) in [4.78, 5) is 21.1. The van der Waals surface area contributed by atoms with Gasteiger partial charge in [0.1, 0.15) is 11.6 Å². The lowest BCUT2D eigenvalue weighted by atomic mass is 9.84. The molecule has 0 N–H and O–H groups in total. The summed E-state index contributed by atoms with van der Waals surface area (Å²) >= 11 is 0. The van der Waals surface area contributed by atoms with E-state index in [1.54, 1.807) is 10.9 Å². The van der Waals surface area contributed by atoms with Gasteiger partial charge < -0.3 is 9.64 Å². The third-order valence-electron chi connectivity index (χ3n) is 6.51. The molecule has 3 aromatic rings. The number of aryl methyl sites for hydroxylation is 3. The standard InChI is InChI=1S/C22H27F2N7O/c1-13-14(2)27-20-19(26-13)18(15-4-6-22(23,24)7-5-15)28-21(29-20)31-8-9-32-17(12-31)16-10-25-30(3)11-16/h10-11,15,17H,4-9,12H2,1-3H3. The summed E-state index contributed by atoms with van der Waals surface area (Å²) in [5.41, 5.74) is 4.50. The first kappa shape index (κ1) is 21.1. The highest BCUT2D eigenvalue weighted by atomic mass is 19.3. The number of fused-ring (bicyclic) bond motifs is 1. The molecule has 170 valence electrons. The highest BCUT2D eigenvalue weighted by Crippen LogP contribution is 2.42. The van der Waals surface area contributed by atoms with Gasteiger partial charge in [0.15, 0.2) is 5.65 Å². The first-order valence-electron chi connectivity index (χ1n) is 11.0. The van der Waals surface area contributed by atoms with Crippen LogP contribution in [-0.4, -0.2) is 55.3 Å². The van der Waals surface area contributed by atoms with Gasteiger partial charge in [-0.15, -0.1) is 0 Å². The van der Waals surface area contributed by atoms with Gasteiger partial charge in [-0.05, 0) is 26.7 Å². The van der Waals surface area contributed by atoms with Gasteiger partial charge in [0, 0.05) is 44.1 Å². The molecule has 0 spiro atoms. The minimum Gasteiger partial charge on any atom is -0.370 e. The van der Waals surface area contributed by atoms with Crippen molar-refractivity contribution < 1.29 is 13.5 Å². The average molecular weight is 444 g/mol. The Morgan fingerprint density at radius 1 is 1.06 bits per heavy atom. The van der Waals surface area contributed by atoms with Crippen molar-refractivity contribution in [3.8, 4) is 0 Å². The van der Waals surface area contributed by atoms with E-state index in [4.69, 9.17) is 19.7 Å². The Kier molecular flexibility index (Phi) is 5.27. The minimum atomic E-state index is -2.60. The summed E-state index contributed by atoms with van der Waals surface area (Å²) in [6.45, 7) is 5.55. The number of aromatic nitrogens is 6. The maximum atomic E-state index is 13.8. The number of anilines is 1. The van der Waals surface area contributed by atoms with Crippen LogP contribution in [0, 0.1) is 13.8 Å². The van der Waals surface area contributed by atoms with Crippen molar-refractivity contribution in [1.29, 1.82) is 0 Å². The topological polar surface area (TPSA) is 81.9 Å². The predicted molar refractivity (Wildman–Crippen MR) is 115 cm³/mol. The zero-order chi connectivity index (χ0) is 22.5. The van der Waals surface area contributed by atoms with Crippen LogP contribution in [0.3, 0.4) is 0 Å². The molecule has 1 saturated carbocycles. The molecule has 2 aliphatic rings. The van der Waals surface area contributed by atoms with Crippen LogP contribution in [0.1, 0.15) is 60.4 Å². The molecule has 3 aromatic heterocycles. The summed E-state index contributed by atoms with van der Waals surface area (Å²) in [5.74, 6) is -2.12. The minimum absolute atomic E-state index is 0.0783. The first-order chi connectivity index (χ1) is 15.3. The lowest BCUT2D eigenvalue weighted by Gasteiger charge is -2.33. The third kappa shape index (κ3) is 4.03. The molecule has 10 heteroatoms. The molecule has 0 amide bonds. The van der Waals surface area contributed by atoms with E-state index in [1.165, 1.54) is 0 Å². The molecule has 0 radical (unpaired) electrons. The van der Waals surface area contributed by atoms with Gasteiger partial charge in [0.25, 0.3) is 0 Å². The number of nitrogens with zero attached hydrogens (tertiary/aromatic N) is 7. The molecule has 1 saturated heterocycles. The first-order valence-corrected chi connectivity index (χ1v) is 11.0. The van der Waals surface area contributed by atoms with E-state index in [0.717, 1.165) is 22.6 Å². The number of rotatable bonds is 3. The van der Waals surface area contributed by atoms with Crippen molar-refractivity contribution in [1.82, 2.24) is 29.7 Å². The fourth-order valence-corrected chi connectivity index (χ4v) is 4.50. The number of hydrogen-bond donors (Lipinski definition) is 0. The molecular formula is C22H27F2N7O. The monoisotopic (exact) mass is 443 g/mol. The zero-order valence-corrected chi connectivity index (χ0v) is 18.6. The van der Waals surface area contributed by atoms with Crippen molar-refractivity contribution in [2.75, 3.05) is 24.6 Å². The quantitative estimate of drug-likeness (QED) is 0.611. The number of hydrogen-bond acceptors (Lipinski definition) is 7. The van der Waals surface area contributed by atoms with Crippen LogP contribution >= 0.6 is 0 Å². The fourth-order valence-electron chi connectivity index (χ4n) is 4.50. The van der Waals surface area contributed by atoms with E-state index in [1.807, 2.05) is 27.1 Å². The van der Waals surface area contributed by atoms with Gasteiger partial charge >= 0.3 is 0 Å². The molecule has 32 heavy (non-hydrogen) atoms. The Bertz CT molecular complexity index is 1140. The van der Waals surface area contributed by atoms with Gasteiger partial charge in [-0.2, -0.15) is 10.1 Å². The lowest BCUT2D eigenvalue weighted by molar-refractivity contribution is -0.0384. The van der Waals surface area contributed by atoms with Gasteiger partial charge in [-0.1, -0.05) is 0 Å². The average Bonchev–Trinajstić information content (AvgIpc) is 3.21. The van der Waals surface area contributed by atoms with Gasteiger partial charge in [0.2, 0.25) is 11.9 Å². The Balaban J connectivity index is 1.52. The molecule has 1 aliphatic carbocycles. The van der Waals surface area contributed by atoms with E-state index in [0.29, 0.717) is 49.7 Å². The van der Waals surface area contributed by atoms with E-state index >= 15 is 0 Å². The maximum absolute atomic E-state index is 13.8. The lowest BCUT2D eigenvalue weighted by Crippen LogP contribution is -2.39. The molecule has 5 rings (SSSR count). The predicted octanol–water partition coefficient (Wildman–Crippen LogP) is 3.64. The molecule has 1 atom stereocenters. The SMILES string of the molecule is Cc1nc2nc(N3CCOC(c4cnn(C)c4)C3)nc(C3CCC(F)(F)CC3)c2nc1C. The summed E-state index contributed by atoms with van der Waals surface area (Å²) in [7, 11) is 1.87. The van der Waals surface area contributed by atoms with Crippen molar-refractivity contribution in [2.45, 2.75) is 57.5 Å². The van der Waals surface area contributed by atoms with Crippen molar-refractivity contribution in [2.24, 2.45) is 7.05 Å². The Morgan fingerprint density at radius 2 is 1.81 bits per heavy atom. The molecule has 4 heterocycles. The summed E-state index contributed by atoms with van der Waals surface area (Å²) in [5, 5.41) is 4.24. The molecule has 1 aliphatic heterocycles. The zero-order valence-electron chi connectivity index (χ0n) is 18.6. The number of halogens is 2. The molecule has 0 aromatic carbocycles. The second-order valence-electron chi connectivity index (χ2n) is 8.86. The van der Waals surface area contributed by atoms with Crippen LogP contribution in [0.2, 0.25) is 0 Å². The van der Waals surface area contributed by atoms with Crippen LogP contribution < -0.4 is 4.90 Å². The smallest absolute Gasteiger partial charge is 0.248 e. The Hall–Kier alpha value is -2.75. The number of alkyl halides is 2. The van der Waals surface area contributed by atoms with E-state index in [-0.39, 0.29) is 24.9 Å². The van der Waals surface area contributed by atoms with Crippen molar-refractivity contribution >= 4 is 17.1 Å². The Labute approximate surface area is 185 Å².